The topological polar surface area (TPSA) is 101 Å². The molecule has 2 fully saturated rings. The van der Waals surface area contributed by atoms with Crippen molar-refractivity contribution in [2.75, 3.05) is 32.5 Å². The van der Waals surface area contributed by atoms with Gasteiger partial charge in [0.05, 0.1) is 12.2 Å². The van der Waals surface area contributed by atoms with E-state index in [2.05, 4.69) is 16.9 Å². The number of nitrogens with two attached hydrogens (primary N) is 2. The number of nitrogens with one attached hydrogen (secondary N) is 1. The van der Waals surface area contributed by atoms with Crippen LogP contribution in [-0.4, -0.2) is 47.3 Å². The number of hydrogen-bond acceptors (Lipinski definition) is 5. The summed E-state index contributed by atoms with van der Waals surface area (Å²) in [5.41, 5.74) is 15.3. The van der Waals surface area contributed by atoms with Crippen LogP contribution in [0.4, 0.5) is 5.82 Å². The fourth-order valence-corrected chi connectivity index (χ4v) is 4.01. The van der Waals surface area contributed by atoms with E-state index in [0.717, 1.165) is 30.8 Å². The van der Waals surface area contributed by atoms with Gasteiger partial charge in [-0.3, -0.25) is 0 Å². The Hall–Kier alpha value is -2.44. The van der Waals surface area contributed by atoms with E-state index in [9.17, 15) is 5.11 Å². The van der Waals surface area contributed by atoms with Crippen LogP contribution in [0.25, 0.3) is 11.8 Å². The average Bonchev–Trinajstić information content (AvgIpc) is 3.12. The molecule has 2 saturated heterocycles. The zero-order valence-electron chi connectivity index (χ0n) is 14.3. The molecular formula is C19H24N4O2. The summed E-state index contributed by atoms with van der Waals surface area (Å²) in [6.45, 7) is 2.70. The number of para-hydroxylation sites is 1. The molecule has 1 aromatic heterocycles. The van der Waals surface area contributed by atoms with Gasteiger partial charge in [-0.1, -0.05) is 12.1 Å². The van der Waals surface area contributed by atoms with E-state index in [0.29, 0.717) is 29.6 Å². The van der Waals surface area contributed by atoms with Crippen molar-refractivity contribution >= 4 is 17.6 Å². The van der Waals surface area contributed by atoms with Gasteiger partial charge in [-0.05, 0) is 37.7 Å². The molecule has 6 N–H and O–H groups in total. The number of ether oxygens (including phenoxy) is 1. The molecule has 0 amide bonds. The second kappa shape index (κ2) is 5.82. The first-order chi connectivity index (χ1) is 12.0. The van der Waals surface area contributed by atoms with Gasteiger partial charge in [0, 0.05) is 41.5 Å². The summed E-state index contributed by atoms with van der Waals surface area (Å²) < 4.78 is 6.05. The number of anilines is 1. The fourth-order valence-electron chi connectivity index (χ4n) is 4.01. The first-order valence-corrected chi connectivity index (χ1v) is 8.52. The number of aromatic amines is 1. The number of aromatic hydroxyl groups is 1. The van der Waals surface area contributed by atoms with E-state index in [1.807, 2.05) is 12.1 Å². The summed E-state index contributed by atoms with van der Waals surface area (Å²) in [5.74, 6) is 1.07. The molecule has 0 saturated carbocycles. The average molecular weight is 340 g/mol. The molecule has 6 heteroatoms. The number of likely N-dealkylation sites (N-methyl/N-ethyl adjacent to an activating group) is 1. The third kappa shape index (κ3) is 2.88. The molecule has 1 aromatic carbocycles. The number of hydrogen-bond donors (Lipinski definition) is 4. The van der Waals surface area contributed by atoms with Crippen molar-refractivity contribution in [2.24, 2.45) is 5.73 Å². The summed E-state index contributed by atoms with van der Waals surface area (Å²) in [7, 11) is 2.11. The monoisotopic (exact) mass is 340 g/mol. The third-order valence-corrected chi connectivity index (χ3v) is 5.19. The van der Waals surface area contributed by atoms with E-state index in [1.165, 1.54) is 0 Å². The summed E-state index contributed by atoms with van der Waals surface area (Å²) in [6.07, 6.45) is 2.81. The Morgan fingerprint density at radius 3 is 2.88 bits per heavy atom. The second-order valence-corrected chi connectivity index (χ2v) is 7.28. The Morgan fingerprint density at radius 1 is 1.40 bits per heavy atom. The van der Waals surface area contributed by atoms with E-state index in [-0.39, 0.29) is 11.4 Å². The second-order valence-electron chi connectivity index (χ2n) is 7.28. The molecule has 1 atom stereocenters. The lowest BCUT2D eigenvalue weighted by Gasteiger charge is -2.45. The number of nitrogen functional groups attached to an aromatic ring is 1. The molecule has 132 valence electrons. The maximum atomic E-state index is 9.94. The van der Waals surface area contributed by atoms with Gasteiger partial charge in [0.25, 0.3) is 0 Å². The van der Waals surface area contributed by atoms with Crippen molar-refractivity contribution in [2.45, 2.75) is 17.9 Å². The van der Waals surface area contributed by atoms with E-state index >= 15 is 0 Å². The fraction of sp³-hybridized carbons (Fsp3) is 0.368. The number of phenols is 1. The Bertz CT molecular complexity index is 821. The van der Waals surface area contributed by atoms with Crippen molar-refractivity contribution in [1.29, 1.82) is 0 Å². The van der Waals surface area contributed by atoms with Crippen LogP contribution in [-0.2, 0) is 4.74 Å². The van der Waals surface area contributed by atoms with Crippen LogP contribution in [0.15, 0.2) is 30.3 Å². The van der Waals surface area contributed by atoms with Gasteiger partial charge in [0.1, 0.15) is 11.6 Å². The Morgan fingerprint density at radius 2 is 2.16 bits per heavy atom. The van der Waals surface area contributed by atoms with Gasteiger partial charge < -0.3 is 31.2 Å². The predicted molar refractivity (Wildman–Crippen MR) is 98.9 cm³/mol. The van der Waals surface area contributed by atoms with Crippen molar-refractivity contribution in [1.82, 2.24) is 9.88 Å². The standard InChI is InChI=1S/C19H24N4O2/c1-23-10-19(11-23)8-13(9-25-19)16-7-12(18(21)22-16)6-15(20)14-4-2-3-5-17(14)24/h2-7,13,22,24H,8-11,20-21H2,1H3/b15-6-. The number of benzene rings is 1. The summed E-state index contributed by atoms with van der Waals surface area (Å²) in [5, 5.41) is 9.94. The van der Waals surface area contributed by atoms with E-state index in [4.69, 9.17) is 16.2 Å². The maximum absolute atomic E-state index is 9.94. The summed E-state index contributed by atoms with van der Waals surface area (Å²) in [4.78, 5) is 5.55. The number of phenolic OH excluding ortho intramolecular Hbond substituents is 1. The molecule has 1 unspecified atom stereocenters. The summed E-state index contributed by atoms with van der Waals surface area (Å²) >= 11 is 0. The first-order valence-electron chi connectivity index (χ1n) is 8.52. The molecule has 1 spiro atoms. The number of likely N-dealkylation sites (tertiary alicyclic amines) is 1. The number of H-pyrrole nitrogens is 1. The number of nitrogens with zero attached hydrogens (tertiary/aromatic N) is 1. The van der Waals surface area contributed by atoms with Crippen molar-refractivity contribution < 1.29 is 9.84 Å². The smallest absolute Gasteiger partial charge is 0.124 e. The molecule has 2 aliphatic rings. The molecule has 25 heavy (non-hydrogen) atoms. The van der Waals surface area contributed by atoms with Gasteiger partial charge in [0.15, 0.2) is 0 Å². The van der Waals surface area contributed by atoms with E-state index in [1.54, 1.807) is 24.3 Å². The zero-order valence-corrected chi connectivity index (χ0v) is 14.3. The van der Waals surface area contributed by atoms with Crippen molar-refractivity contribution in [3.05, 3.63) is 47.2 Å². The Kier molecular flexibility index (Phi) is 3.74. The van der Waals surface area contributed by atoms with Crippen LogP contribution in [0.3, 0.4) is 0 Å². The minimum absolute atomic E-state index is 0.0180. The lowest BCUT2D eigenvalue weighted by Crippen LogP contribution is -2.59. The van der Waals surface area contributed by atoms with Gasteiger partial charge in [-0.25, -0.2) is 0 Å². The van der Waals surface area contributed by atoms with Gasteiger partial charge in [-0.15, -0.1) is 0 Å². The summed E-state index contributed by atoms with van der Waals surface area (Å²) in [6, 6.07) is 9.05. The molecule has 0 radical (unpaired) electrons. The number of rotatable bonds is 3. The highest BCUT2D eigenvalue weighted by Crippen LogP contribution is 2.42. The van der Waals surface area contributed by atoms with E-state index < -0.39 is 0 Å². The molecule has 2 aliphatic heterocycles. The minimum Gasteiger partial charge on any atom is -0.507 e. The highest BCUT2D eigenvalue weighted by molar-refractivity contribution is 5.84. The lowest BCUT2D eigenvalue weighted by molar-refractivity contribution is -0.100. The van der Waals surface area contributed by atoms with Crippen LogP contribution >= 0.6 is 0 Å². The molecule has 0 aliphatic carbocycles. The largest absolute Gasteiger partial charge is 0.507 e. The van der Waals surface area contributed by atoms with Gasteiger partial charge in [0.2, 0.25) is 0 Å². The molecular weight excluding hydrogens is 316 g/mol. The maximum Gasteiger partial charge on any atom is 0.124 e. The molecule has 4 rings (SSSR count). The van der Waals surface area contributed by atoms with Crippen molar-refractivity contribution in [3.63, 3.8) is 0 Å². The lowest BCUT2D eigenvalue weighted by atomic mass is 9.86. The zero-order chi connectivity index (χ0) is 17.6. The molecule has 2 aromatic rings. The van der Waals surface area contributed by atoms with Crippen LogP contribution in [0.2, 0.25) is 0 Å². The van der Waals surface area contributed by atoms with Crippen molar-refractivity contribution in [3.8, 4) is 5.75 Å². The highest BCUT2D eigenvalue weighted by atomic mass is 16.5. The Balaban J connectivity index is 1.55. The van der Waals surface area contributed by atoms with Gasteiger partial charge in [-0.2, -0.15) is 0 Å². The van der Waals surface area contributed by atoms with Crippen LogP contribution in [0.1, 0.15) is 29.2 Å². The van der Waals surface area contributed by atoms with Gasteiger partial charge >= 0.3 is 0 Å². The number of aromatic nitrogens is 1. The quantitative estimate of drug-likeness (QED) is 0.684. The molecule has 3 heterocycles. The molecule has 0 bridgehead atoms. The predicted octanol–water partition coefficient (Wildman–Crippen LogP) is 1.95. The molecule has 6 nitrogen and oxygen atoms in total. The first kappa shape index (κ1) is 16.1. The SMILES string of the molecule is CN1CC2(CC(c3cc(/C=C(\N)c4ccccc4O)c(N)[nH]3)CO2)C1. The third-order valence-electron chi connectivity index (χ3n) is 5.19. The minimum atomic E-state index is 0.0180. The van der Waals surface area contributed by atoms with Crippen LogP contribution < -0.4 is 11.5 Å². The van der Waals surface area contributed by atoms with Crippen LogP contribution in [0.5, 0.6) is 5.75 Å². The Labute approximate surface area is 147 Å². The normalized spacial score (nSPS) is 23.1. The van der Waals surface area contributed by atoms with Crippen LogP contribution in [0, 0.1) is 0 Å². The highest BCUT2D eigenvalue weighted by Gasteiger charge is 2.48.